The molecule has 1 aromatic carbocycles. The molecule has 1 fully saturated rings. The lowest BCUT2D eigenvalue weighted by molar-refractivity contribution is 0.0600. The summed E-state index contributed by atoms with van der Waals surface area (Å²) in [6, 6.07) is 7.09. The van der Waals surface area contributed by atoms with Gasteiger partial charge in [-0.05, 0) is 68.7 Å². The number of nitrogens with zero attached hydrogens (tertiary/aromatic N) is 2. The summed E-state index contributed by atoms with van der Waals surface area (Å²) in [7, 11) is -2.54. The number of halogens is 2. The Hall–Kier alpha value is -2.07. The molecular weight excluding hydrogens is 445 g/mol. The fourth-order valence-corrected chi connectivity index (χ4v) is 5.22. The number of hydrogen-bond acceptors (Lipinski definition) is 6. The number of esters is 1. The lowest BCUT2D eigenvalue weighted by Gasteiger charge is -2.22. The Morgan fingerprint density at radius 3 is 2.65 bits per heavy atom. The highest BCUT2D eigenvalue weighted by Gasteiger charge is 2.29. The van der Waals surface area contributed by atoms with Crippen LogP contribution in [0, 0.1) is 5.82 Å². The van der Waals surface area contributed by atoms with Gasteiger partial charge in [0.15, 0.2) is 0 Å². The smallest absolute Gasteiger partial charge is 0.339 e. The highest BCUT2D eigenvalue weighted by molar-refractivity contribution is 7.89. The van der Waals surface area contributed by atoms with Crippen molar-refractivity contribution in [3.8, 4) is 0 Å². The Balaban J connectivity index is 1.75. The van der Waals surface area contributed by atoms with Crippen LogP contribution in [0.2, 0.25) is 5.02 Å². The molecule has 1 saturated heterocycles. The molecule has 1 aliphatic heterocycles. The van der Waals surface area contributed by atoms with Crippen LogP contribution in [-0.2, 0) is 21.3 Å². The number of likely N-dealkylation sites (tertiary alicyclic amines) is 1. The first kappa shape index (κ1) is 23.6. The van der Waals surface area contributed by atoms with Gasteiger partial charge in [-0.1, -0.05) is 17.7 Å². The molecule has 2 heterocycles. The van der Waals surface area contributed by atoms with Gasteiger partial charge in [0.1, 0.15) is 11.1 Å². The van der Waals surface area contributed by atoms with E-state index < -0.39 is 27.1 Å². The van der Waals surface area contributed by atoms with Crippen molar-refractivity contribution in [3.05, 3.63) is 64.2 Å². The van der Waals surface area contributed by atoms with Gasteiger partial charge in [0.05, 0.1) is 29.9 Å². The maximum Gasteiger partial charge on any atom is 0.339 e. The molecule has 3 rings (SSSR count). The first-order chi connectivity index (χ1) is 14.8. The molecule has 1 aromatic heterocycles. The Bertz CT molecular complexity index is 1010. The quantitative estimate of drug-likeness (QED) is 0.567. The minimum atomic E-state index is -3.82. The summed E-state index contributed by atoms with van der Waals surface area (Å²) in [5.74, 6) is -1.11. The number of benzene rings is 1. The molecule has 1 atom stereocenters. The van der Waals surface area contributed by atoms with Crippen molar-refractivity contribution in [1.82, 2.24) is 14.6 Å². The topological polar surface area (TPSA) is 88.6 Å². The van der Waals surface area contributed by atoms with Crippen molar-refractivity contribution in [1.29, 1.82) is 0 Å². The van der Waals surface area contributed by atoms with E-state index in [1.54, 1.807) is 6.07 Å². The van der Waals surface area contributed by atoms with Crippen LogP contribution in [0.3, 0.4) is 0 Å². The molecule has 7 nitrogen and oxygen atoms in total. The lowest BCUT2D eigenvalue weighted by atomic mass is 10.1. The van der Waals surface area contributed by atoms with Gasteiger partial charge in [0.2, 0.25) is 10.0 Å². The second kappa shape index (κ2) is 10.5. The molecule has 1 unspecified atom stereocenters. The second-order valence-corrected chi connectivity index (χ2v) is 9.75. The largest absolute Gasteiger partial charge is 0.465 e. The number of carbonyl (C=O) groups excluding carboxylic acids is 1. The summed E-state index contributed by atoms with van der Waals surface area (Å²) in [4.78, 5) is 17.8. The average Bonchev–Trinajstić information content (AvgIpc) is 3.28. The Morgan fingerprint density at radius 2 is 2.03 bits per heavy atom. The molecule has 0 bridgehead atoms. The Labute approximate surface area is 186 Å². The van der Waals surface area contributed by atoms with Gasteiger partial charge >= 0.3 is 5.97 Å². The molecule has 31 heavy (non-hydrogen) atoms. The summed E-state index contributed by atoms with van der Waals surface area (Å²) >= 11 is 5.91. The molecule has 1 aliphatic rings. The molecule has 0 spiro atoms. The highest BCUT2D eigenvalue weighted by Crippen LogP contribution is 2.29. The van der Waals surface area contributed by atoms with Crippen LogP contribution in [0.25, 0.3) is 0 Å². The molecule has 1 N–H and O–H groups in total. The van der Waals surface area contributed by atoms with Crippen molar-refractivity contribution in [3.63, 3.8) is 0 Å². The number of ether oxygens (including phenoxy) is 1. The summed E-state index contributed by atoms with van der Waals surface area (Å²) < 4.78 is 47.2. The van der Waals surface area contributed by atoms with Gasteiger partial charge in [0.25, 0.3) is 0 Å². The van der Waals surface area contributed by atoms with Crippen LogP contribution < -0.4 is 4.72 Å². The summed E-state index contributed by atoms with van der Waals surface area (Å²) in [5.41, 5.74) is 1.16. The molecule has 2 aromatic rings. The number of sulfonamides is 1. The van der Waals surface area contributed by atoms with Crippen LogP contribution in [0.4, 0.5) is 4.39 Å². The third-order valence-electron chi connectivity index (χ3n) is 5.30. The van der Waals surface area contributed by atoms with Crippen molar-refractivity contribution < 1.29 is 22.3 Å². The van der Waals surface area contributed by atoms with Crippen molar-refractivity contribution in [2.24, 2.45) is 0 Å². The van der Waals surface area contributed by atoms with Crippen LogP contribution in [0.5, 0.6) is 0 Å². The van der Waals surface area contributed by atoms with E-state index in [-0.39, 0.29) is 17.1 Å². The maximum absolute atomic E-state index is 13.6. The zero-order valence-corrected chi connectivity index (χ0v) is 18.8. The van der Waals surface area contributed by atoms with E-state index in [4.69, 9.17) is 11.6 Å². The average molecular weight is 470 g/mol. The normalized spacial score (nSPS) is 15.7. The highest BCUT2D eigenvalue weighted by atomic mass is 35.5. The van der Waals surface area contributed by atoms with E-state index >= 15 is 0 Å². The molecule has 168 valence electrons. The summed E-state index contributed by atoms with van der Waals surface area (Å²) in [6.07, 6.45) is 3.89. The first-order valence-corrected chi connectivity index (χ1v) is 11.9. The van der Waals surface area contributed by atoms with Gasteiger partial charge < -0.3 is 9.64 Å². The van der Waals surface area contributed by atoms with Crippen molar-refractivity contribution >= 4 is 27.6 Å². The van der Waals surface area contributed by atoms with Crippen molar-refractivity contribution in [2.45, 2.75) is 31.1 Å². The van der Waals surface area contributed by atoms with Gasteiger partial charge in [-0.3, -0.25) is 4.98 Å². The Kier molecular flexibility index (Phi) is 7.99. The minimum Gasteiger partial charge on any atom is -0.465 e. The molecule has 0 radical (unpaired) electrons. The zero-order valence-electron chi connectivity index (χ0n) is 17.2. The third kappa shape index (κ3) is 6.22. The fraction of sp³-hybridized carbons (Fsp3) is 0.429. The molecule has 0 amide bonds. The lowest BCUT2D eigenvalue weighted by Crippen LogP contribution is -2.32. The molecule has 10 heteroatoms. The monoisotopic (exact) mass is 469 g/mol. The number of rotatable bonds is 9. The second-order valence-electron chi connectivity index (χ2n) is 7.40. The maximum atomic E-state index is 13.6. The van der Waals surface area contributed by atoms with Crippen LogP contribution in [-0.4, -0.2) is 51.0 Å². The molecular formula is C21H25ClFN3O4S. The van der Waals surface area contributed by atoms with Crippen LogP contribution in [0.1, 0.15) is 46.1 Å². The van der Waals surface area contributed by atoms with Gasteiger partial charge in [0, 0.05) is 6.20 Å². The van der Waals surface area contributed by atoms with Crippen LogP contribution in [0.15, 0.2) is 36.5 Å². The standard InChI is InChI=1S/C21H25ClFN3O4S/c1-30-21(27)16-4-6-17(24-13-16)14-25-31(28,29)20(8-11-26-9-2-3-10-26)15-5-7-19(23)18(22)12-15/h4-7,12-13,20,25H,2-3,8-11,14H2,1H3. The van der Waals surface area contributed by atoms with E-state index in [1.807, 2.05) is 0 Å². The number of pyridine rings is 1. The zero-order chi connectivity index (χ0) is 22.4. The SMILES string of the molecule is COC(=O)c1ccc(CNS(=O)(=O)C(CCN2CCCC2)c2ccc(F)c(Cl)c2)nc1. The summed E-state index contributed by atoms with van der Waals surface area (Å²) in [5, 5.41) is -1.00. The van der Waals surface area contributed by atoms with Gasteiger partial charge in [-0.2, -0.15) is 0 Å². The van der Waals surface area contributed by atoms with Gasteiger partial charge in [-0.25, -0.2) is 22.3 Å². The first-order valence-electron chi connectivity index (χ1n) is 9.99. The number of nitrogens with one attached hydrogen (secondary N) is 1. The number of aromatic nitrogens is 1. The van der Waals surface area contributed by atoms with E-state index in [9.17, 15) is 17.6 Å². The van der Waals surface area contributed by atoms with Crippen LogP contribution >= 0.6 is 11.6 Å². The van der Waals surface area contributed by atoms with E-state index in [1.165, 1.54) is 37.6 Å². The van der Waals surface area contributed by atoms with E-state index in [0.29, 0.717) is 24.2 Å². The van der Waals surface area contributed by atoms with E-state index in [0.717, 1.165) is 25.9 Å². The minimum absolute atomic E-state index is 0.0427. The molecule has 0 saturated carbocycles. The third-order valence-corrected chi connectivity index (χ3v) is 7.39. The Morgan fingerprint density at radius 1 is 1.29 bits per heavy atom. The number of carbonyl (C=O) groups is 1. The van der Waals surface area contributed by atoms with Crippen molar-refractivity contribution in [2.75, 3.05) is 26.7 Å². The van der Waals surface area contributed by atoms with E-state index in [2.05, 4.69) is 19.3 Å². The molecule has 0 aliphatic carbocycles. The number of hydrogen-bond donors (Lipinski definition) is 1. The predicted molar refractivity (Wildman–Crippen MR) is 116 cm³/mol. The predicted octanol–water partition coefficient (Wildman–Crippen LogP) is 3.31. The summed E-state index contributed by atoms with van der Waals surface area (Å²) in [6.45, 7) is 2.47. The number of methoxy groups -OCH3 is 1. The fourth-order valence-electron chi connectivity index (χ4n) is 3.56. The van der Waals surface area contributed by atoms with Gasteiger partial charge in [-0.15, -0.1) is 0 Å².